The predicted octanol–water partition coefficient (Wildman–Crippen LogP) is 4.83. The lowest BCUT2D eigenvalue weighted by Gasteiger charge is -2.15. The summed E-state index contributed by atoms with van der Waals surface area (Å²) in [5.74, 6) is 0.871. The summed E-state index contributed by atoms with van der Waals surface area (Å²) in [4.78, 5) is 0. The van der Waals surface area contributed by atoms with Gasteiger partial charge in [-0.1, -0.05) is 38.1 Å². The molecule has 3 nitrogen and oxygen atoms in total. The highest BCUT2D eigenvalue weighted by molar-refractivity contribution is 9.10. The van der Waals surface area contributed by atoms with Crippen LogP contribution >= 0.6 is 15.9 Å². The minimum atomic E-state index is 0.353. The van der Waals surface area contributed by atoms with Crippen LogP contribution in [-0.2, 0) is 6.42 Å². The van der Waals surface area contributed by atoms with Crippen molar-refractivity contribution >= 4 is 21.6 Å². The number of hydrogen-bond donors (Lipinski definition) is 3. The van der Waals surface area contributed by atoms with E-state index in [1.165, 1.54) is 11.3 Å². The number of aromatic hydroxyl groups is 1. The minimum Gasteiger partial charge on any atom is -0.506 e. The van der Waals surface area contributed by atoms with Gasteiger partial charge < -0.3 is 15.7 Å². The van der Waals surface area contributed by atoms with Gasteiger partial charge in [0.2, 0.25) is 0 Å². The average Bonchev–Trinajstić information content (AvgIpc) is 2.55. The van der Waals surface area contributed by atoms with Crippen LogP contribution in [0.25, 0.3) is 0 Å². The standard InChI is InChI=1S/C20H27BrN2O/c1-14(2)17-6-4-5-7-19(17)23-11-10-22-9-8-16-12-15(3)13-18(21)20(16)24/h4-7,12-14,22-24H,8-11H2,1-3H3. The second-order valence-electron chi connectivity index (χ2n) is 6.42. The number of anilines is 1. The zero-order valence-corrected chi connectivity index (χ0v) is 16.3. The van der Waals surface area contributed by atoms with Crippen LogP contribution in [0.15, 0.2) is 40.9 Å². The molecule has 0 spiro atoms. The van der Waals surface area contributed by atoms with Gasteiger partial charge >= 0.3 is 0 Å². The Morgan fingerprint density at radius 1 is 1.08 bits per heavy atom. The lowest BCUT2D eigenvalue weighted by molar-refractivity contribution is 0.463. The van der Waals surface area contributed by atoms with Crippen molar-refractivity contribution < 1.29 is 5.11 Å². The van der Waals surface area contributed by atoms with E-state index in [9.17, 15) is 5.11 Å². The fourth-order valence-corrected chi connectivity index (χ4v) is 3.41. The fourth-order valence-electron chi connectivity index (χ4n) is 2.79. The molecule has 2 aromatic carbocycles. The first-order valence-corrected chi connectivity index (χ1v) is 9.30. The van der Waals surface area contributed by atoms with E-state index in [2.05, 4.69) is 64.7 Å². The van der Waals surface area contributed by atoms with Crippen LogP contribution in [0.5, 0.6) is 5.75 Å². The van der Waals surface area contributed by atoms with Crippen LogP contribution in [0.2, 0.25) is 0 Å². The van der Waals surface area contributed by atoms with Crippen LogP contribution in [-0.4, -0.2) is 24.7 Å². The zero-order valence-electron chi connectivity index (χ0n) is 14.7. The molecule has 0 unspecified atom stereocenters. The summed E-state index contributed by atoms with van der Waals surface area (Å²) in [5.41, 5.74) is 4.70. The normalized spacial score (nSPS) is 11.0. The van der Waals surface area contributed by atoms with Gasteiger partial charge in [-0.3, -0.25) is 0 Å². The summed E-state index contributed by atoms with van der Waals surface area (Å²) in [6.45, 7) is 9.08. The van der Waals surface area contributed by atoms with Crippen LogP contribution < -0.4 is 10.6 Å². The Morgan fingerprint density at radius 2 is 1.83 bits per heavy atom. The Labute approximate surface area is 153 Å². The van der Waals surface area contributed by atoms with Crippen molar-refractivity contribution in [1.82, 2.24) is 5.32 Å². The number of phenolic OH excluding ortho intramolecular Hbond substituents is 1. The predicted molar refractivity (Wildman–Crippen MR) is 106 cm³/mol. The fraction of sp³-hybridized carbons (Fsp3) is 0.400. The van der Waals surface area contributed by atoms with E-state index in [4.69, 9.17) is 0 Å². The second kappa shape index (κ2) is 9.09. The van der Waals surface area contributed by atoms with Gasteiger partial charge in [0.1, 0.15) is 5.75 Å². The summed E-state index contributed by atoms with van der Waals surface area (Å²) < 4.78 is 0.768. The van der Waals surface area contributed by atoms with E-state index in [1.807, 2.05) is 19.1 Å². The van der Waals surface area contributed by atoms with Gasteiger partial charge in [0, 0.05) is 18.8 Å². The maximum absolute atomic E-state index is 10.1. The monoisotopic (exact) mass is 390 g/mol. The van der Waals surface area contributed by atoms with E-state index in [-0.39, 0.29) is 0 Å². The zero-order chi connectivity index (χ0) is 17.5. The lowest BCUT2D eigenvalue weighted by Crippen LogP contribution is -2.24. The quantitative estimate of drug-likeness (QED) is 0.565. The summed E-state index contributed by atoms with van der Waals surface area (Å²) in [5, 5.41) is 17.0. The van der Waals surface area contributed by atoms with Gasteiger partial charge in [0.05, 0.1) is 4.47 Å². The molecular weight excluding hydrogens is 364 g/mol. The summed E-state index contributed by atoms with van der Waals surface area (Å²) in [7, 11) is 0. The Kier molecular flexibility index (Phi) is 7.13. The van der Waals surface area contributed by atoms with Crippen molar-refractivity contribution in [2.45, 2.75) is 33.1 Å². The molecule has 24 heavy (non-hydrogen) atoms. The second-order valence-corrected chi connectivity index (χ2v) is 7.28. The van der Waals surface area contributed by atoms with E-state index in [0.717, 1.165) is 41.7 Å². The highest BCUT2D eigenvalue weighted by Gasteiger charge is 2.07. The molecule has 3 N–H and O–H groups in total. The van der Waals surface area contributed by atoms with E-state index >= 15 is 0 Å². The number of halogens is 1. The van der Waals surface area contributed by atoms with Gasteiger partial charge in [-0.25, -0.2) is 0 Å². The molecule has 0 aliphatic carbocycles. The summed E-state index contributed by atoms with van der Waals surface area (Å²) in [6, 6.07) is 12.4. The van der Waals surface area contributed by atoms with Crippen molar-refractivity contribution in [3.05, 3.63) is 57.6 Å². The topological polar surface area (TPSA) is 44.3 Å². The van der Waals surface area contributed by atoms with Gasteiger partial charge in [0.15, 0.2) is 0 Å². The van der Waals surface area contributed by atoms with Crippen LogP contribution in [0.4, 0.5) is 5.69 Å². The van der Waals surface area contributed by atoms with Crippen LogP contribution in [0.1, 0.15) is 36.5 Å². The van der Waals surface area contributed by atoms with Crippen molar-refractivity contribution in [3.8, 4) is 5.75 Å². The largest absolute Gasteiger partial charge is 0.506 e. The SMILES string of the molecule is Cc1cc(Br)c(O)c(CCNCCNc2ccccc2C(C)C)c1. The van der Waals surface area contributed by atoms with Gasteiger partial charge in [-0.15, -0.1) is 0 Å². The number of nitrogens with one attached hydrogen (secondary N) is 2. The van der Waals surface area contributed by atoms with Crippen LogP contribution in [0.3, 0.4) is 0 Å². The molecule has 0 heterocycles. The number of para-hydroxylation sites is 1. The Balaban J connectivity index is 1.75. The molecule has 0 radical (unpaired) electrons. The molecule has 0 saturated heterocycles. The summed E-state index contributed by atoms with van der Waals surface area (Å²) >= 11 is 3.39. The first kappa shape index (κ1) is 18.8. The number of hydrogen-bond acceptors (Lipinski definition) is 3. The molecule has 4 heteroatoms. The molecular formula is C20H27BrN2O. The molecule has 2 rings (SSSR count). The molecule has 0 aliphatic heterocycles. The van der Waals surface area contributed by atoms with Crippen molar-refractivity contribution in [1.29, 1.82) is 0 Å². The Morgan fingerprint density at radius 3 is 2.58 bits per heavy atom. The maximum Gasteiger partial charge on any atom is 0.133 e. The third kappa shape index (κ3) is 5.25. The Bertz CT molecular complexity index is 671. The van der Waals surface area contributed by atoms with Crippen molar-refractivity contribution in [3.63, 3.8) is 0 Å². The minimum absolute atomic E-state index is 0.353. The average molecular weight is 391 g/mol. The van der Waals surface area contributed by atoms with E-state index in [1.54, 1.807) is 0 Å². The number of phenols is 1. The number of aryl methyl sites for hydroxylation is 1. The molecule has 2 aromatic rings. The molecule has 0 fully saturated rings. The first-order chi connectivity index (χ1) is 11.5. The molecule has 0 aliphatic rings. The van der Waals surface area contributed by atoms with E-state index < -0.39 is 0 Å². The van der Waals surface area contributed by atoms with Crippen molar-refractivity contribution in [2.24, 2.45) is 0 Å². The van der Waals surface area contributed by atoms with Gasteiger partial charge in [0.25, 0.3) is 0 Å². The highest BCUT2D eigenvalue weighted by Crippen LogP contribution is 2.29. The molecule has 0 aromatic heterocycles. The first-order valence-electron chi connectivity index (χ1n) is 8.50. The van der Waals surface area contributed by atoms with Gasteiger partial charge in [-0.05, 0) is 70.6 Å². The molecule has 0 amide bonds. The molecule has 0 saturated carbocycles. The molecule has 130 valence electrons. The van der Waals surface area contributed by atoms with Gasteiger partial charge in [-0.2, -0.15) is 0 Å². The molecule has 0 atom stereocenters. The Hall–Kier alpha value is -1.52. The summed E-state index contributed by atoms with van der Waals surface area (Å²) in [6.07, 6.45) is 0.814. The number of benzene rings is 2. The van der Waals surface area contributed by atoms with E-state index in [0.29, 0.717) is 11.7 Å². The number of rotatable bonds is 8. The third-order valence-electron chi connectivity index (χ3n) is 4.06. The lowest BCUT2D eigenvalue weighted by atomic mass is 10.0. The van der Waals surface area contributed by atoms with Crippen molar-refractivity contribution in [2.75, 3.05) is 25.0 Å². The smallest absolute Gasteiger partial charge is 0.133 e. The van der Waals surface area contributed by atoms with Crippen LogP contribution in [0, 0.1) is 6.92 Å². The molecule has 0 bridgehead atoms. The highest BCUT2D eigenvalue weighted by atomic mass is 79.9. The third-order valence-corrected chi connectivity index (χ3v) is 4.66. The maximum atomic E-state index is 10.1.